The van der Waals surface area contributed by atoms with Gasteiger partial charge in [0.25, 0.3) is 0 Å². The Hall–Kier alpha value is -1.13. The van der Waals surface area contributed by atoms with Gasteiger partial charge in [0.15, 0.2) is 0 Å². The summed E-state index contributed by atoms with van der Waals surface area (Å²) in [6, 6.07) is 44.7. The van der Waals surface area contributed by atoms with Crippen molar-refractivity contribution in [1.82, 2.24) is 0 Å². The third-order valence-electron chi connectivity index (χ3n) is 8.20. The van der Waals surface area contributed by atoms with E-state index in [1.807, 2.05) is 0 Å². The summed E-state index contributed by atoms with van der Waals surface area (Å²) in [6.45, 7) is 1.79. The van der Waals surface area contributed by atoms with Crippen molar-refractivity contribution >= 4 is 79.6 Å². The van der Waals surface area contributed by atoms with Gasteiger partial charge in [-0.25, -0.2) is 0 Å². The summed E-state index contributed by atoms with van der Waals surface area (Å²) in [5, 5.41) is 5.80. The van der Waals surface area contributed by atoms with E-state index in [4.69, 9.17) is 0 Å². The molecule has 0 aromatic heterocycles. The van der Waals surface area contributed by atoms with Crippen LogP contribution in [0.2, 0.25) is 0 Å². The fraction of sp³-hybridized carbons (Fsp3) is 0.194. The Labute approximate surface area is 241 Å². The fourth-order valence-electron chi connectivity index (χ4n) is 6.36. The van der Waals surface area contributed by atoms with Gasteiger partial charge in [0.2, 0.25) is 0 Å². The second-order valence-corrected chi connectivity index (χ2v) is 33.1. The molecule has 5 heteroatoms. The summed E-state index contributed by atoms with van der Waals surface area (Å²) in [5.41, 5.74) is 0.266. The predicted molar refractivity (Wildman–Crippen MR) is 180 cm³/mol. The van der Waals surface area contributed by atoms with Crippen LogP contribution in [0.4, 0.5) is 0 Å². The zero-order valence-electron chi connectivity index (χ0n) is 20.5. The van der Waals surface area contributed by atoms with Gasteiger partial charge in [-0.3, -0.25) is 0 Å². The van der Waals surface area contributed by atoms with Crippen LogP contribution in [-0.4, -0.2) is 29.9 Å². The van der Waals surface area contributed by atoms with E-state index in [-0.39, 0.29) is 5.66 Å². The SMILES string of the molecule is CC(=O)CC1CP(I)(c2ccccc2)(c2ccccc2)CCP1(I)(c1ccccc1)c1ccccc1. The van der Waals surface area contributed by atoms with E-state index in [0.717, 1.165) is 18.5 Å². The molecule has 1 heterocycles. The van der Waals surface area contributed by atoms with Crippen LogP contribution in [0.25, 0.3) is 0 Å². The fourth-order valence-corrected chi connectivity index (χ4v) is 32.7. The first kappa shape index (κ1) is 26.5. The van der Waals surface area contributed by atoms with E-state index >= 15 is 0 Å². The first-order valence-electron chi connectivity index (χ1n) is 12.5. The molecule has 0 amide bonds. The molecule has 0 N–H and O–H groups in total. The molecule has 36 heavy (non-hydrogen) atoms. The Kier molecular flexibility index (Phi) is 7.26. The van der Waals surface area contributed by atoms with E-state index in [0.29, 0.717) is 12.2 Å². The Bertz CT molecular complexity index is 1280. The molecule has 0 saturated carbocycles. The van der Waals surface area contributed by atoms with Crippen LogP contribution in [0.1, 0.15) is 13.3 Å². The van der Waals surface area contributed by atoms with E-state index in [1.165, 1.54) is 21.2 Å². The van der Waals surface area contributed by atoms with Gasteiger partial charge in [0, 0.05) is 0 Å². The summed E-state index contributed by atoms with van der Waals surface area (Å²) in [7, 11) is 0. The third-order valence-corrected chi connectivity index (χ3v) is 33.1. The Morgan fingerprint density at radius 3 is 1.36 bits per heavy atom. The average molecular weight is 736 g/mol. The maximum atomic E-state index is 13.0. The molecule has 186 valence electrons. The Morgan fingerprint density at radius 1 is 0.639 bits per heavy atom. The van der Waals surface area contributed by atoms with Gasteiger partial charge < -0.3 is 0 Å². The van der Waals surface area contributed by atoms with Crippen molar-refractivity contribution in [2.24, 2.45) is 0 Å². The Morgan fingerprint density at radius 2 is 1.00 bits per heavy atom. The van der Waals surface area contributed by atoms with Crippen LogP contribution in [-0.2, 0) is 4.79 Å². The molecule has 1 saturated heterocycles. The molecule has 1 atom stereocenters. The quantitative estimate of drug-likeness (QED) is 0.149. The molecule has 0 bridgehead atoms. The molecule has 0 aliphatic carbocycles. The van der Waals surface area contributed by atoms with Crippen LogP contribution >= 0.6 is 52.6 Å². The molecular formula is C31H32I2OP2. The molecule has 4 aromatic carbocycles. The molecule has 1 unspecified atom stereocenters. The Balaban J connectivity index is 1.82. The molecule has 1 aliphatic rings. The van der Waals surface area contributed by atoms with Gasteiger partial charge in [-0.15, -0.1) is 0 Å². The van der Waals surface area contributed by atoms with Gasteiger partial charge >= 0.3 is 243 Å². The second kappa shape index (κ2) is 9.88. The number of rotatable bonds is 6. The van der Waals surface area contributed by atoms with Gasteiger partial charge in [0.05, 0.1) is 0 Å². The van der Waals surface area contributed by atoms with Gasteiger partial charge in [-0.1, -0.05) is 0 Å². The van der Waals surface area contributed by atoms with Crippen molar-refractivity contribution in [2.45, 2.75) is 19.0 Å². The van der Waals surface area contributed by atoms with Crippen LogP contribution in [0.3, 0.4) is 0 Å². The summed E-state index contributed by atoms with van der Waals surface area (Å²) in [4.78, 5) is 13.0. The number of halogens is 2. The number of carbonyl (C=O) groups is 1. The van der Waals surface area contributed by atoms with Gasteiger partial charge in [-0.2, -0.15) is 0 Å². The summed E-state index contributed by atoms with van der Waals surface area (Å²) < 4.78 is -5.41. The number of carbonyl (C=O) groups excluding carboxylic acids is 1. The van der Waals surface area contributed by atoms with Gasteiger partial charge in [-0.05, 0) is 0 Å². The van der Waals surface area contributed by atoms with Crippen molar-refractivity contribution in [3.63, 3.8) is 0 Å². The first-order valence-corrected chi connectivity index (χ1v) is 23.1. The number of ketones is 1. The van der Waals surface area contributed by atoms with Crippen LogP contribution < -0.4 is 21.2 Å². The summed E-state index contributed by atoms with van der Waals surface area (Å²) in [6.07, 6.45) is 3.90. The summed E-state index contributed by atoms with van der Waals surface area (Å²) in [5.74, 6) is 0.294. The standard InChI is InChI=1S/C31H32I2OP2/c1-26(34)24-31-25-35(32,27-14-6-2-7-15-27,28-16-8-3-9-17-28)22-23-36(31,33,29-18-10-4-11-19-29)30-20-12-5-13-21-30/h2-21,31H,22-25H2,1H3. The van der Waals surface area contributed by atoms with E-state index < -0.39 is 8.49 Å². The number of hydrogen-bond acceptors (Lipinski definition) is 1. The molecule has 1 nitrogen and oxygen atoms in total. The van der Waals surface area contributed by atoms with E-state index in [2.05, 4.69) is 165 Å². The molecule has 1 fully saturated rings. The van der Waals surface area contributed by atoms with Crippen LogP contribution in [0.15, 0.2) is 121 Å². The molecular weight excluding hydrogens is 704 g/mol. The normalized spacial score (nSPS) is 23.7. The van der Waals surface area contributed by atoms with Crippen molar-refractivity contribution in [2.75, 3.05) is 18.5 Å². The summed E-state index contributed by atoms with van der Waals surface area (Å²) >= 11 is 5.82. The predicted octanol–water partition coefficient (Wildman–Crippen LogP) is 7.46. The van der Waals surface area contributed by atoms with E-state index in [9.17, 15) is 4.79 Å². The average Bonchev–Trinajstić information content (AvgIpc) is 2.93. The molecule has 5 rings (SSSR count). The zero-order valence-corrected chi connectivity index (χ0v) is 26.6. The van der Waals surface area contributed by atoms with E-state index in [1.54, 1.807) is 6.92 Å². The van der Waals surface area contributed by atoms with Crippen LogP contribution in [0.5, 0.6) is 0 Å². The second-order valence-electron chi connectivity index (χ2n) is 10.2. The molecule has 1 aliphatic heterocycles. The first-order chi connectivity index (χ1) is 17.3. The number of Topliss-reactive ketones (excluding diaryl/α,β-unsaturated/α-hetero) is 1. The monoisotopic (exact) mass is 736 g/mol. The van der Waals surface area contributed by atoms with Gasteiger partial charge in [0.1, 0.15) is 0 Å². The number of benzene rings is 4. The molecule has 0 radical (unpaired) electrons. The minimum atomic E-state index is -2.77. The zero-order chi connectivity index (χ0) is 25.3. The third kappa shape index (κ3) is 4.13. The maximum absolute atomic E-state index is 13.0. The minimum absolute atomic E-state index is 0.266. The molecule has 4 aromatic rings. The van der Waals surface area contributed by atoms with Crippen molar-refractivity contribution in [1.29, 1.82) is 0 Å². The van der Waals surface area contributed by atoms with Crippen molar-refractivity contribution in [3.05, 3.63) is 121 Å². The van der Waals surface area contributed by atoms with Crippen molar-refractivity contribution < 1.29 is 4.79 Å². The molecule has 0 spiro atoms. The van der Waals surface area contributed by atoms with Crippen molar-refractivity contribution in [3.8, 4) is 0 Å². The van der Waals surface area contributed by atoms with Crippen LogP contribution in [0, 0.1) is 0 Å². The number of hydrogen-bond donors (Lipinski definition) is 0. The topological polar surface area (TPSA) is 17.1 Å².